The Morgan fingerprint density at radius 3 is 2.23 bits per heavy atom. The zero-order chi connectivity index (χ0) is 10.2. The maximum atomic E-state index is 11.1. The lowest BCUT2D eigenvalue weighted by molar-refractivity contribution is 0.600. The molecule has 0 N–H and O–H groups in total. The highest BCUT2D eigenvalue weighted by atomic mass is 79.9. The van der Waals surface area contributed by atoms with Gasteiger partial charge < -0.3 is 0 Å². The Balaban J connectivity index is 3.57. The van der Waals surface area contributed by atoms with Crippen molar-refractivity contribution in [3.63, 3.8) is 0 Å². The van der Waals surface area contributed by atoms with Crippen LogP contribution in [-0.4, -0.2) is 24.6 Å². The van der Waals surface area contributed by atoms with Crippen molar-refractivity contribution in [1.82, 2.24) is 9.97 Å². The van der Waals surface area contributed by atoms with Crippen molar-refractivity contribution in [2.45, 2.75) is 4.90 Å². The standard InChI is InChI=1S/C5H3BrCl2N2O2S/c1-13(11,12)2-3(6)9-5(8)10-4(2)7/h1H3. The summed E-state index contributed by atoms with van der Waals surface area (Å²) in [5, 5.41) is -0.293. The van der Waals surface area contributed by atoms with Crippen molar-refractivity contribution in [3.8, 4) is 0 Å². The van der Waals surface area contributed by atoms with E-state index in [0.717, 1.165) is 6.26 Å². The minimum Gasteiger partial charge on any atom is -0.224 e. The van der Waals surface area contributed by atoms with Gasteiger partial charge in [0.25, 0.3) is 0 Å². The highest BCUT2D eigenvalue weighted by molar-refractivity contribution is 9.10. The van der Waals surface area contributed by atoms with Crippen molar-refractivity contribution in [2.75, 3.05) is 6.26 Å². The lowest BCUT2D eigenvalue weighted by Gasteiger charge is -2.02. The van der Waals surface area contributed by atoms with Gasteiger partial charge in [0.1, 0.15) is 9.50 Å². The molecule has 4 nitrogen and oxygen atoms in total. The fourth-order valence-electron chi connectivity index (χ4n) is 0.680. The SMILES string of the molecule is CS(=O)(=O)c1c(Cl)nc(Cl)nc1Br. The average molecular weight is 306 g/mol. The smallest absolute Gasteiger partial charge is 0.224 e. The Morgan fingerprint density at radius 2 is 1.85 bits per heavy atom. The number of hydrogen-bond acceptors (Lipinski definition) is 4. The van der Waals surface area contributed by atoms with E-state index in [1.54, 1.807) is 0 Å². The summed E-state index contributed by atoms with van der Waals surface area (Å²) in [5.74, 6) is 0. The minimum atomic E-state index is -3.44. The van der Waals surface area contributed by atoms with E-state index in [2.05, 4.69) is 25.9 Å². The summed E-state index contributed by atoms with van der Waals surface area (Å²) in [7, 11) is -3.44. The lowest BCUT2D eigenvalue weighted by Crippen LogP contribution is -2.03. The van der Waals surface area contributed by atoms with Crippen LogP contribution in [0.5, 0.6) is 0 Å². The fourth-order valence-corrected chi connectivity index (χ4v) is 3.64. The summed E-state index contributed by atoms with van der Waals surface area (Å²) in [6.45, 7) is 0. The first-order valence-electron chi connectivity index (χ1n) is 2.91. The Labute approximate surface area is 93.3 Å². The van der Waals surface area contributed by atoms with Gasteiger partial charge in [-0.3, -0.25) is 0 Å². The molecule has 0 atom stereocenters. The van der Waals surface area contributed by atoms with Crippen molar-refractivity contribution < 1.29 is 8.42 Å². The molecule has 1 aromatic rings. The summed E-state index contributed by atoms with van der Waals surface area (Å²) in [6, 6.07) is 0. The maximum absolute atomic E-state index is 11.1. The first-order chi connectivity index (χ1) is 5.82. The Morgan fingerprint density at radius 1 is 1.31 bits per heavy atom. The van der Waals surface area contributed by atoms with Crippen molar-refractivity contribution in [2.24, 2.45) is 0 Å². The quantitative estimate of drug-likeness (QED) is 0.588. The van der Waals surface area contributed by atoms with Crippen LogP contribution >= 0.6 is 39.1 Å². The van der Waals surface area contributed by atoms with Crippen LogP contribution in [0.25, 0.3) is 0 Å². The number of hydrogen-bond donors (Lipinski definition) is 0. The molecule has 0 aliphatic heterocycles. The van der Waals surface area contributed by atoms with Crippen LogP contribution < -0.4 is 0 Å². The van der Waals surface area contributed by atoms with Crippen LogP contribution in [0, 0.1) is 0 Å². The van der Waals surface area contributed by atoms with Gasteiger partial charge in [-0.2, -0.15) is 0 Å². The van der Waals surface area contributed by atoms with Gasteiger partial charge in [-0.25, -0.2) is 18.4 Å². The molecule has 0 fully saturated rings. The number of aromatic nitrogens is 2. The third-order valence-corrected chi connectivity index (χ3v) is 3.65. The van der Waals surface area contributed by atoms with Crippen molar-refractivity contribution in [3.05, 3.63) is 15.0 Å². The molecule has 1 aromatic heterocycles. The number of nitrogens with zero attached hydrogens (tertiary/aromatic N) is 2. The molecule has 0 saturated carbocycles. The Kier molecular flexibility index (Phi) is 3.16. The largest absolute Gasteiger partial charge is 0.224 e. The van der Waals surface area contributed by atoms with Crippen molar-refractivity contribution >= 4 is 49.0 Å². The molecule has 0 spiro atoms. The Bertz CT molecular complexity index is 425. The second kappa shape index (κ2) is 3.68. The van der Waals surface area contributed by atoms with Crippen LogP contribution in [0.15, 0.2) is 9.50 Å². The summed E-state index contributed by atoms with van der Waals surface area (Å²) in [6.07, 6.45) is 1.01. The van der Waals surface area contributed by atoms with Crippen LogP contribution in [0.4, 0.5) is 0 Å². The lowest BCUT2D eigenvalue weighted by atomic mass is 10.7. The molecule has 1 rings (SSSR count). The molecule has 8 heteroatoms. The van der Waals surface area contributed by atoms with Gasteiger partial charge in [-0.05, 0) is 27.5 Å². The van der Waals surface area contributed by atoms with E-state index in [0.29, 0.717) is 0 Å². The van der Waals surface area contributed by atoms with Gasteiger partial charge in [-0.15, -0.1) is 0 Å². The monoisotopic (exact) mass is 304 g/mol. The molecule has 0 saturated heterocycles. The van der Waals surface area contributed by atoms with E-state index >= 15 is 0 Å². The first-order valence-corrected chi connectivity index (χ1v) is 6.35. The molecule has 13 heavy (non-hydrogen) atoms. The molecule has 0 unspecified atom stereocenters. The summed E-state index contributed by atoms with van der Waals surface area (Å²) >= 11 is 14.0. The van der Waals surface area contributed by atoms with Crippen LogP contribution in [0.1, 0.15) is 0 Å². The molecule has 1 heterocycles. The number of halogens is 3. The van der Waals surface area contributed by atoms with Gasteiger partial charge in [0.05, 0.1) is 0 Å². The molecule has 0 bridgehead atoms. The fraction of sp³-hybridized carbons (Fsp3) is 0.200. The van der Waals surface area contributed by atoms with Gasteiger partial charge in [0.2, 0.25) is 5.28 Å². The predicted octanol–water partition coefficient (Wildman–Crippen LogP) is 1.95. The third-order valence-electron chi connectivity index (χ3n) is 1.13. The van der Waals surface area contributed by atoms with E-state index in [-0.39, 0.29) is 19.9 Å². The van der Waals surface area contributed by atoms with E-state index in [1.165, 1.54) is 0 Å². The van der Waals surface area contributed by atoms with Gasteiger partial charge in [0.15, 0.2) is 15.0 Å². The molecular formula is C5H3BrCl2N2O2S. The van der Waals surface area contributed by atoms with E-state index < -0.39 is 9.84 Å². The normalized spacial score (nSPS) is 11.7. The molecule has 0 aromatic carbocycles. The third kappa shape index (κ3) is 2.52. The maximum Gasteiger partial charge on any atom is 0.224 e. The van der Waals surface area contributed by atoms with Crippen molar-refractivity contribution in [1.29, 1.82) is 0 Å². The second-order valence-corrected chi connectivity index (χ2v) is 5.58. The van der Waals surface area contributed by atoms with E-state index in [1.807, 2.05) is 0 Å². The Hall–Kier alpha value is 0.0900. The second-order valence-electron chi connectivity index (χ2n) is 2.18. The molecule has 0 amide bonds. The van der Waals surface area contributed by atoms with Crippen LogP contribution in [-0.2, 0) is 9.84 Å². The molecule has 0 aliphatic rings. The molecule has 0 aliphatic carbocycles. The first kappa shape index (κ1) is 11.2. The zero-order valence-electron chi connectivity index (χ0n) is 6.25. The van der Waals surface area contributed by atoms with E-state index in [4.69, 9.17) is 23.2 Å². The van der Waals surface area contributed by atoms with Gasteiger partial charge >= 0.3 is 0 Å². The van der Waals surface area contributed by atoms with E-state index in [9.17, 15) is 8.42 Å². The number of sulfone groups is 1. The zero-order valence-corrected chi connectivity index (χ0v) is 10.2. The highest BCUT2D eigenvalue weighted by Gasteiger charge is 2.19. The summed E-state index contributed by atoms with van der Waals surface area (Å²) in [5.41, 5.74) is 0. The summed E-state index contributed by atoms with van der Waals surface area (Å²) < 4.78 is 22.4. The topological polar surface area (TPSA) is 59.9 Å². The highest BCUT2D eigenvalue weighted by Crippen LogP contribution is 2.27. The molecule has 72 valence electrons. The average Bonchev–Trinajstić information content (AvgIpc) is 1.78. The van der Waals surface area contributed by atoms with Crippen LogP contribution in [0.2, 0.25) is 10.4 Å². The number of rotatable bonds is 1. The predicted molar refractivity (Wildman–Crippen MR) is 52.9 cm³/mol. The minimum absolute atomic E-state index is 0.0694. The molecule has 0 radical (unpaired) electrons. The van der Waals surface area contributed by atoms with Gasteiger partial charge in [-0.1, -0.05) is 11.6 Å². The van der Waals surface area contributed by atoms with Crippen LogP contribution in [0.3, 0.4) is 0 Å². The molecular weight excluding hydrogens is 303 g/mol. The summed E-state index contributed by atoms with van der Waals surface area (Å²) in [4.78, 5) is 6.97. The van der Waals surface area contributed by atoms with Gasteiger partial charge in [0, 0.05) is 6.26 Å².